The average molecular weight is 294 g/mol. The van der Waals surface area contributed by atoms with Crippen molar-refractivity contribution >= 4 is 11.8 Å². The summed E-state index contributed by atoms with van der Waals surface area (Å²) in [6, 6.07) is 9.97. The standard InChI is InChI=1S/C13H18N4O2S/c14-6-12-15-16-13(20-9-11(19)8-18)17(12)7-10-4-2-1-3-5-10/h1-5,11,18-19H,6-9,14H2/t11-/m1/s1. The molecule has 1 atom stereocenters. The number of hydrogen-bond acceptors (Lipinski definition) is 6. The highest BCUT2D eigenvalue weighted by Crippen LogP contribution is 2.19. The summed E-state index contributed by atoms with van der Waals surface area (Å²) >= 11 is 1.36. The van der Waals surface area contributed by atoms with Crippen LogP contribution in [0.4, 0.5) is 0 Å². The third kappa shape index (κ3) is 3.80. The van der Waals surface area contributed by atoms with Crippen LogP contribution >= 0.6 is 11.8 Å². The van der Waals surface area contributed by atoms with E-state index in [9.17, 15) is 5.11 Å². The monoisotopic (exact) mass is 294 g/mol. The molecule has 0 radical (unpaired) electrons. The first kappa shape index (κ1) is 15.0. The largest absolute Gasteiger partial charge is 0.394 e. The van der Waals surface area contributed by atoms with Crippen LogP contribution in [0, 0.1) is 0 Å². The van der Waals surface area contributed by atoms with Gasteiger partial charge in [0.25, 0.3) is 0 Å². The van der Waals surface area contributed by atoms with Crippen molar-refractivity contribution in [3.05, 3.63) is 41.7 Å². The van der Waals surface area contributed by atoms with E-state index in [1.165, 1.54) is 11.8 Å². The first-order valence-electron chi connectivity index (χ1n) is 6.32. The number of rotatable bonds is 7. The minimum absolute atomic E-state index is 0.260. The molecule has 0 aliphatic carbocycles. The van der Waals surface area contributed by atoms with E-state index in [0.717, 1.165) is 5.56 Å². The van der Waals surface area contributed by atoms with Crippen LogP contribution in [0.2, 0.25) is 0 Å². The van der Waals surface area contributed by atoms with E-state index in [4.69, 9.17) is 10.8 Å². The summed E-state index contributed by atoms with van der Waals surface area (Å²) in [7, 11) is 0. The second-order valence-electron chi connectivity index (χ2n) is 4.32. The Morgan fingerprint density at radius 1 is 1.25 bits per heavy atom. The van der Waals surface area contributed by atoms with Crippen LogP contribution in [-0.2, 0) is 13.1 Å². The molecule has 0 bridgehead atoms. The van der Waals surface area contributed by atoms with Gasteiger partial charge < -0.3 is 20.5 Å². The molecule has 2 rings (SSSR count). The van der Waals surface area contributed by atoms with Crippen molar-refractivity contribution in [3.8, 4) is 0 Å². The topological polar surface area (TPSA) is 97.2 Å². The smallest absolute Gasteiger partial charge is 0.191 e. The molecule has 7 heteroatoms. The lowest BCUT2D eigenvalue weighted by Gasteiger charge is -2.10. The van der Waals surface area contributed by atoms with Gasteiger partial charge in [-0.15, -0.1) is 10.2 Å². The number of benzene rings is 1. The minimum Gasteiger partial charge on any atom is -0.394 e. The van der Waals surface area contributed by atoms with Crippen LogP contribution in [0.1, 0.15) is 11.4 Å². The second-order valence-corrected chi connectivity index (χ2v) is 5.31. The number of nitrogens with zero attached hydrogens (tertiary/aromatic N) is 3. The summed E-state index contributed by atoms with van der Waals surface area (Å²) in [6.45, 7) is 0.685. The number of aliphatic hydroxyl groups is 2. The molecule has 4 N–H and O–H groups in total. The van der Waals surface area contributed by atoms with E-state index < -0.39 is 6.10 Å². The van der Waals surface area contributed by atoms with Crippen molar-refractivity contribution in [1.29, 1.82) is 0 Å². The van der Waals surface area contributed by atoms with Gasteiger partial charge in [0.2, 0.25) is 0 Å². The summed E-state index contributed by atoms with van der Waals surface area (Å²) in [4.78, 5) is 0. The van der Waals surface area contributed by atoms with Crippen molar-refractivity contribution < 1.29 is 10.2 Å². The number of thioether (sulfide) groups is 1. The summed E-state index contributed by atoms with van der Waals surface area (Å²) in [5, 5.41) is 27.1. The van der Waals surface area contributed by atoms with E-state index in [1.54, 1.807) is 0 Å². The number of hydrogen-bond donors (Lipinski definition) is 3. The van der Waals surface area contributed by atoms with Crippen LogP contribution in [0.25, 0.3) is 0 Å². The van der Waals surface area contributed by atoms with Crippen molar-refractivity contribution in [1.82, 2.24) is 14.8 Å². The highest BCUT2D eigenvalue weighted by Gasteiger charge is 2.13. The van der Waals surface area contributed by atoms with Gasteiger partial charge in [0.1, 0.15) is 5.82 Å². The fourth-order valence-electron chi connectivity index (χ4n) is 1.72. The molecule has 0 spiro atoms. The van der Waals surface area contributed by atoms with Gasteiger partial charge in [0.05, 0.1) is 25.8 Å². The SMILES string of the molecule is NCc1nnc(SC[C@H](O)CO)n1Cc1ccccc1. The van der Waals surface area contributed by atoms with Crippen molar-refractivity contribution in [2.24, 2.45) is 5.73 Å². The van der Waals surface area contributed by atoms with Crippen LogP contribution < -0.4 is 5.73 Å². The Balaban J connectivity index is 2.14. The van der Waals surface area contributed by atoms with Crippen molar-refractivity contribution in [3.63, 3.8) is 0 Å². The highest BCUT2D eigenvalue weighted by atomic mass is 32.2. The number of aromatic nitrogens is 3. The van der Waals surface area contributed by atoms with Crippen LogP contribution in [0.5, 0.6) is 0 Å². The zero-order valence-electron chi connectivity index (χ0n) is 11.0. The zero-order chi connectivity index (χ0) is 14.4. The van der Waals surface area contributed by atoms with Gasteiger partial charge >= 0.3 is 0 Å². The highest BCUT2D eigenvalue weighted by molar-refractivity contribution is 7.99. The summed E-state index contributed by atoms with van der Waals surface area (Å²) in [6.07, 6.45) is -0.761. The van der Waals surface area contributed by atoms with E-state index >= 15 is 0 Å². The van der Waals surface area contributed by atoms with E-state index in [0.29, 0.717) is 29.8 Å². The molecule has 6 nitrogen and oxygen atoms in total. The molecule has 0 saturated heterocycles. The van der Waals surface area contributed by atoms with Gasteiger partial charge in [-0.3, -0.25) is 0 Å². The minimum atomic E-state index is -0.761. The van der Waals surface area contributed by atoms with Crippen LogP contribution in [-0.4, -0.2) is 43.4 Å². The second kappa shape index (κ2) is 7.39. The van der Waals surface area contributed by atoms with Crippen LogP contribution in [0.3, 0.4) is 0 Å². The molecule has 0 amide bonds. The Morgan fingerprint density at radius 2 is 2.00 bits per heavy atom. The molecule has 0 aliphatic heterocycles. The molecule has 1 aromatic heterocycles. The Bertz CT molecular complexity index is 532. The van der Waals surface area contributed by atoms with Gasteiger partial charge in [0, 0.05) is 5.75 Å². The predicted octanol–water partition coefficient (Wildman–Crippen LogP) is 0.230. The summed E-state index contributed by atoms with van der Waals surface area (Å²) < 4.78 is 1.93. The molecule has 1 aromatic carbocycles. The van der Waals surface area contributed by atoms with Gasteiger partial charge in [-0.25, -0.2) is 0 Å². The van der Waals surface area contributed by atoms with E-state index in [-0.39, 0.29) is 6.61 Å². The maximum atomic E-state index is 9.41. The Morgan fingerprint density at radius 3 is 2.65 bits per heavy atom. The fraction of sp³-hybridized carbons (Fsp3) is 0.385. The predicted molar refractivity (Wildman–Crippen MR) is 77.3 cm³/mol. The van der Waals surface area contributed by atoms with Crippen LogP contribution in [0.15, 0.2) is 35.5 Å². The van der Waals surface area contributed by atoms with Gasteiger partial charge in [-0.05, 0) is 5.56 Å². The third-order valence-corrected chi connectivity index (χ3v) is 3.89. The molecule has 0 saturated carbocycles. The molecular formula is C13H18N4O2S. The normalized spacial score (nSPS) is 12.6. The average Bonchev–Trinajstić information content (AvgIpc) is 2.87. The first-order valence-corrected chi connectivity index (χ1v) is 7.31. The van der Waals surface area contributed by atoms with E-state index in [1.807, 2.05) is 34.9 Å². The lowest BCUT2D eigenvalue weighted by atomic mass is 10.2. The van der Waals surface area contributed by atoms with Crippen molar-refractivity contribution in [2.75, 3.05) is 12.4 Å². The molecular weight excluding hydrogens is 276 g/mol. The van der Waals surface area contributed by atoms with Gasteiger partial charge in [-0.1, -0.05) is 42.1 Å². The Kier molecular flexibility index (Phi) is 5.54. The summed E-state index contributed by atoms with van der Waals surface area (Å²) in [5.74, 6) is 1.07. The molecule has 2 aromatic rings. The number of aliphatic hydroxyl groups excluding tert-OH is 2. The quantitative estimate of drug-likeness (QED) is 0.633. The Hall–Kier alpha value is -1.41. The van der Waals surface area contributed by atoms with Crippen molar-refractivity contribution in [2.45, 2.75) is 24.3 Å². The first-order chi connectivity index (χ1) is 9.74. The lowest BCUT2D eigenvalue weighted by Crippen LogP contribution is -2.16. The maximum absolute atomic E-state index is 9.41. The zero-order valence-corrected chi connectivity index (χ0v) is 11.8. The van der Waals surface area contributed by atoms with Gasteiger partial charge in [-0.2, -0.15) is 0 Å². The molecule has 0 fully saturated rings. The van der Waals surface area contributed by atoms with Gasteiger partial charge in [0.15, 0.2) is 5.16 Å². The fourth-order valence-corrected chi connectivity index (χ4v) is 2.60. The molecule has 0 aliphatic rings. The Labute approximate surface area is 121 Å². The molecule has 20 heavy (non-hydrogen) atoms. The number of nitrogens with two attached hydrogens (primary N) is 1. The maximum Gasteiger partial charge on any atom is 0.191 e. The lowest BCUT2D eigenvalue weighted by molar-refractivity contribution is 0.113. The van der Waals surface area contributed by atoms with E-state index in [2.05, 4.69) is 10.2 Å². The molecule has 1 heterocycles. The molecule has 0 unspecified atom stereocenters. The molecule has 108 valence electrons. The third-order valence-electron chi connectivity index (χ3n) is 2.78. The summed E-state index contributed by atoms with van der Waals surface area (Å²) in [5.41, 5.74) is 6.81.